The molecule has 8 heteroatoms. The van der Waals surface area contributed by atoms with E-state index in [1.54, 1.807) is 11.4 Å². The smallest absolute Gasteiger partial charge is 0.229 e. The third-order valence-corrected chi connectivity index (χ3v) is 4.75. The van der Waals surface area contributed by atoms with Crippen molar-refractivity contribution in [2.45, 2.75) is 11.7 Å². The van der Waals surface area contributed by atoms with Gasteiger partial charge in [0.05, 0.1) is 5.56 Å². The quantitative estimate of drug-likeness (QED) is 0.818. The van der Waals surface area contributed by atoms with Crippen molar-refractivity contribution in [3.05, 3.63) is 17.0 Å². The minimum absolute atomic E-state index is 0.0207. The van der Waals surface area contributed by atoms with Crippen molar-refractivity contribution in [2.75, 3.05) is 11.4 Å². The standard InChI is InChI=1S/C9H9N3O3S2/c10-4-6-1-2-16-9(6)12-5-7(3-8(12)13)17(11,14)15/h1-2,7H,3,5H2,(H2,11,14,15). The number of nitrogens with two attached hydrogens (primary N) is 1. The van der Waals surface area contributed by atoms with Crippen LogP contribution in [0.15, 0.2) is 11.4 Å². The molecule has 0 bridgehead atoms. The molecule has 1 aromatic rings. The molecule has 90 valence electrons. The first-order valence-corrected chi connectivity index (χ1v) is 7.22. The second kappa shape index (κ2) is 4.10. The van der Waals surface area contributed by atoms with E-state index in [2.05, 4.69) is 0 Å². The lowest BCUT2D eigenvalue weighted by atomic mass is 10.3. The van der Waals surface area contributed by atoms with E-state index >= 15 is 0 Å². The van der Waals surface area contributed by atoms with Crippen LogP contribution >= 0.6 is 11.3 Å². The summed E-state index contributed by atoms with van der Waals surface area (Å²) >= 11 is 1.23. The van der Waals surface area contributed by atoms with E-state index in [-0.39, 0.29) is 18.9 Å². The zero-order valence-electron chi connectivity index (χ0n) is 8.66. The lowest BCUT2D eigenvalue weighted by Crippen LogP contribution is -2.32. The molecule has 2 rings (SSSR count). The van der Waals surface area contributed by atoms with Crippen LogP contribution in [-0.4, -0.2) is 26.1 Å². The normalized spacial score (nSPS) is 20.6. The Hall–Kier alpha value is -1.43. The summed E-state index contributed by atoms with van der Waals surface area (Å²) in [4.78, 5) is 13.0. The molecule has 2 heterocycles. The van der Waals surface area contributed by atoms with E-state index < -0.39 is 15.3 Å². The highest BCUT2D eigenvalue weighted by Crippen LogP contribution is 2.31. The predicted molar refractivity (Wildman–Crippen MR) is 62.9 cm³/mol. The SMILES string of the molecule is N#Cc1ccsc1N1CC(S(N)(=O)=O)CC1=O. The average Bonchev–Trinajstić information content (AvgIpc) is 2.81. The van der Waals surface area contributed by atoms with Crippen LogP contribution in [0.4, 0.5) is 5.00 Å². The number of amides is 1. The number of carbonyl (C=O) groups excluding carboxylic acids is 1. The summed E-state index contributed by atoms with van der Waals surface area (Å²) in [6, 6.07) is 3.56. The summed E-state index contributed by atoms with van der Waals surface area (Å²) in [6.07, 6.45) is -0.123. The lowest BCUT2D eigenvalue weighted by molar-refractivity contribution is -0.117. The van der Waals surface area contributed by atoms with Crippen molar-refractivity contribution in [3.8, 4) is 6.07 Å². The Morgan fingerprint density at radius 1 is 1.59 bits per heavy atom. The van der Waals surface area contributed by atoms with Crippen LogP contribution in [0.2, 0.25) is 0 Å². The van der Waals surface area contributed by atoms with Gasteiger partial charge in [-0.25, -0.2) is 13.6 Å². The first-order chi connectivity index (χ1) is 7.93. The van der Waals surface area contributed by atoms with Crippen molar-refractivity contribution in [1.29, 1.82) is 5.26 Å². The minimum Gasteiger partial charge on any atom is -0.301 e. The topological polar surface area (TPSA) is 104 Å². The number of primary sulfonamides is 1. The Morgan fingerprint density at radius 2 is 2.29 bits per heavy atom. The highest BCUT2D eigenvalue weighted by Gasteiger charge is 2.38. The van der Waals surface area contributed by atoms with Gasteiger partial charge in [-0.15, -0.1) is 11.3 Å². The van der Waals surface area contributed by atoms with Gasteiger partial charge in [-0.2, -0.15) is 5.26 Å². The van der Waals surface area contributed by atoms with E-state index in [9.17, 15) is 13.2 Å². The van der Waals surface area contributed by atoms with Crippen molar-refractivity contribution in [3.63, 3.8) is 0 Å². The maximum absolute atomic E-state index is 11.7. The molecule has 2 N–H and O–H groups in total. The van der Waals surface area contributed by atoms with Gasteiger partial charge in [0, 0.05) is 13.0 Å². The number of sulfonamides is 1. The Balaban J connectivity index is 2.32. The van der Waals surface area contributed by atoms with Crippen molar-refractivity contribution < 1.29 is 13.2 Å². The summed E-state index contributed by atoms with van der Waals surface area (Å²) < 4.78 is 22.4. The van der Waals surface area contributed by atoms with Crippen LogP contribution in [0.3, 0.4) is 0 Å². The van der Waals surface area contributed by atoms with E-state index in [0.717, 1.165) is 0 Å². The van der Waals surface area contributed by atoms with Crippen LogP contribution in [0.1, 0.15) is 12.0 Å². The fourth-order valence-corrected chi connectivity index (χ4v) is 3.30. The molecule has 0 saturated carbocycles. The molecule has 1 atom stereocenters. The second-order valence-corrected chi connectivity index (χ2v) is 6.41. The van der Waals surface area contributed by atoms with Gasteiger partial charge in [-0.05, 0) is 11.4 Å². The molecule has 0 aromatic carbocycles. The Kier molecular flexibility index (Phi) is 2.91. The summed E-state index contributed by atoms with van der Waals surface area (Å²) in [6.45, 7) is 0.0207. The van der Waals surface area contributed by atoms with Gasteiger partial charge >= 0.3 is 0 Å². The van der Waals surface area contributed by atoms with E-state index in [1.807, 2.05) is 6.07 Å². The van der Waals surface area contributed by atoms with Crippen LogP contribution in [0.5, 0.6) is 0 Å². The number of carbonyl (C=O) groups is 1. The Bertz CT molecular complexity index is 599. The van der Waals surface area contributed by atoms with Crippen LogP contribution in [0, 0.1) is 11.3 Å². The number of hydrogen-bond donors (Lipinski definition) is 1. The Morgan fingerprint density at radius 3 is 2.82 bits per heavy atom. The van der Waals surface area contributed by atoms with E-state index in [0.29, 0.717) is 10.6 Å². The molecule has 1 saturated heterocycles. The highest BCUT2D eigenvalue weighted by molar-refractivity contribution is 7.89. The van der Waals surface area contributed by atoms with Gasteiger partial charge in [-0.1, -0.05) is 0 Å². The number of rotatable bonds is 2. The number of nitrogens with zero attached hydrogens (tertiary/aromatic N) is 2. The molecule has 1 aliphatic rings. The number of thiophene rings is 1. The van der Waals surface area contributed by atoms with Gasteiger partial charge in [0.25, 0.3) is 0 Å². The number of nitriles is 1. The van der Waals surface area contributed by atoms with Gasteiger partial charge in [0.1, 0.15) is 16.3 Å². The molecule has 17 heavy (non-hydrogen) atoms. The first kappa shape index (κ1) is 12.0. The fourth-order valence-electron chi connectivity index (χ4n) is 1.69. The van der Waals surface area contributed by atoms with Gasteiger partial charge in [-0.3, -0.25) is 4.79 Å². The molecule has 0 radical (unpaired) electrons. The first-order valence-electron chi connectivity index (χ1n) is 4.73. The zero-order chi connectivity index (χ0) is 12.6. The molecule has 0 aliphatic carbocycles. The fraction of sp³-hybridized carbons (Fsp3) is 0.333. The largest absolute Gasteiger partial charge is 0.301 e. The predicted octanol–water partition coefficient (Wildman–Crippen LogP) is 0.0136. The van der Waals surface area contributed by atoms with E-state index in [4.69, 9.17) is 10.4 Å². The maximum atomic E-state index is 11.7. The lowest BCUT2D eigenvalue weighted by Gasteiger charge is -2.14. The molecule has 1 fully saturated rings. The molecular formula is C9H9N3O3S2. The molecule has 1 amide bonds. The number of anilines is 1. The molecular weight excluding hydrogens is 262 g/mol. The number of hydrogen-bond acceptors (Lipinski definition) is 5. The van der Waals surface area contributed by atoms with Crippen molar-refractivity contribution >= 4 is 32.3 Å². The zero-order valence-corrected chi connectivity index (χ0v) is 10.3. The van der Waals surface area contributed by atoms with Crippen LogP contribution in [0.25, 0.3) is 0 Å². The van der Waals surface area contributed by atoms with E-state index in [1.165, 1.54) is 16.2 Å². The third kappa shape index (κ3) is 2.17. The molecule has 1 aromatic heterocycles. The molecule has 6 nitrogen and oxygen atoms in total. The van der Waals surface area contributed by atoms with Gasteiger partial charge in [0.15, 0.2) is 0 Å². The van der Waals surface area contributed by atoms with Crippen LogP contribution in [-0.2, 0) is 14.8 Å². The van der Waals surface area contributed by atoms with Gasteiger partial charge in [0.2, 0.25) is 15.9 Å². The molecule has 1 unspecified atom stereocenters. The summed E-state index contributed by atoms with van der Waals surface area (Å²) in [5.74, 6) is -0.317. The highest BCUT2D eigenvalue weighted by atomic mass is 32.2. The van der Waals surface area contributed by atoms with Crippen molar-refractivity contribution in [2.24, 2.45) is 5.14 Å². The summed E-state index contributed by atoms with van der Waals surface area (Å²) in [5, 5.41) is 15.2. The Labute approximate surface area is 102 Å². The maximum Gasteiger partial charge on any atom is 0.229 e. The molecule has 0 spiro atoms. The second-order valence-electron chi connectivity index (χ2n) is 3.67. The minimum atomic E-state index is -3.72. The van der Waals surface area contributed by atoms with Crippen molar-refractivity contribution in [1.82, 2.24) is 0 Å². The average molecular weight is 271 g/mol. The third-order valence-electron chi connectivity index (χ3n) is 2.56. The molecule has 1 aliphatic heterocycles. The monoisotopic (exact) mass is 271 g/mol. The summed E-state index contributed by atoms with van der Waals surface area (Å²) in [5.41, 5.74) is 0.374. The van der Waals surface area contributed by atoms with Crippen LogP contribution < -0.4 is 10.0 Å². The summed E-state index contributed by atoms with van der Waals surface area (Å²) in [7, 11) is -3.72. The van der Waals surface area contributed by atoms with Gasteiger partial charge < -0.3 is 4.90 Å².